The second kappa shape index (κ2) is 2.96. The van der Waals surface area contributed by atoms with E-state index in [0.717, 1.165) is 12.8 Å². The molecule has 78 valence electrons. The molecule has 2 heterocycles. The van der Waals surface area contributed by atoms with Crippen molar-refractivity contribution in [3.05, 3.63) is 0 Å². The summed E-state index contributed by atoms with van der Waals surface area (Å²) in [5.74, 6) is 1.88. The molecule has 1 amide bonds. The molecule has 3 fully saturated rings. The molecule has 0 aromatic heterocycles. The van der Waals surface area contributed by atoms with Crippen molar-refractivity contribution in [3.8, 4) is 0 Å². The molecule has 4 unspecified atom stereocenters. The first-order chi connectivity index (χ1) is 6.79. The molecule has 4 atom stereocenters. The Bertz CT molecular complexity index is 248. The van der Waals surface area contributed by atoms with Gasteiger partial charge in [0, 0.05) is 13.0 Å². The number of ether oxygens (including phenoxy) is 1. The van der Waals surface area contributed by atoms with E-state index < -0.39 is 0 Å². The van der Waals surface area contributed by atoms with Gasteiger partial charge in [-0.2, -0.15) is 0 Å². The zero-order chi connectivity index (χ0) is 9.71. The predicted molar refractivity (Wildman–Crippen MR) is 51.7 cm³/mol. The van der Waals surface area contributed by atoms with Gasteiger partial charge in [0.05, 0.1) is 12.2 Å². The van der Waals surface area contributed by atoms with Gasteiger partial charge in [-0.15, -0.1) is 0 Å². The van der Waals surface area contributed by atoms with E-state index in [1.165, 1.54) is 12.8 Å². The summed E-state index contributed by atoms with van der Waals surface area (Å²) in [6.07, 6.45) is 5.55. The van der Waals surface area contributed by atoms with E-state index in [1.807, 2.05) is 0 Å². The van der Waals surface area contributed by atoms with Gasteiger partial charge in [0.15, 0.2) is 0 Å². The second-order valence-electron chi connectivity index (χ2n) is 4.90. The molecule has 3 aliphatic rings. The number of hydrogen-bond acceptors (Lipinski definition) is 2. The zero-order valence-corrected chi connectivity index (χ0v) is 8.53. The highest BCUT2D eigenvalue weighted by molar-refractivity contribution is 5.78. The van der Waals surface area contributed by atoms with Crippen LogP contribution in [0.4, 0.5) is 0 Å². The molecule has 0 aromatic carbocycles. The molecule has 1 saturated carbocycles. The number of carbonyl (C=O) groups is 1. The third-order valence-corrected chi connectivity index (χ3v) is 4.32. The third kappa shape index (κ3) is 1.05. The monoisotopic (exact) mass is 195 g/mol. The summed E-state index contributed by atoms with van der Waals surface area (Å²) in [4.78, 5) is 11.5. The van der Waals surface area contributed by atoms with E-state index in [0.29, 0.717) is 24.0 Å². The fraction of sp³-hybridized carbons (Fsp3) is 0.909. The van der Waals surface area contributed by atoms with Crippen molar-refractivity contribution < 1.29 is 9.53 Å². The molecule has 3 rings (SSSR count). The van der Waals surface area contributed by atoms with E-state index in [-0.39, 0.29) is 11.8 Å². The van der Waals surface area contributed by atoms with Gasteiger partial charge in [-0.3, -0.25) is 4.79 Å². The molecule has 3 heteroatoms. The molecule has 0 aromatic rings. The third-order valence-electron chi connectivity index (χ3n) is 4.32. The van der Waals surface area contributed by atoms with Gasteiger partial charge < -0.3 is 10.1 Å². The quantitative estimate of drug-likeness (QED) is 0.676. The fourth-order valence-electron chi connectivity index (χ4n) is 3.70. The lowest BCUT2D eigenvalue weighted by Crippen LogP contribution is -2.26. The van der Waals surface area contributed by atoms with Crippen molar-refractivity contribution in [2.45, 2.75) is 37.9 Å². The highest BCUT2D eigenvalue weighted by atomic mass is 16.5. The van der Waals surface area contributed by atoms with Crippen LogP contribution in [0.1, 0.15) is 25.7 Å². The van der Waals surface area contributed by atoms with Gasteiger partial charge in [-0.05, 0) is 37.5 Å². The topological polar surface area (TPSA) is 38.3 Å². The Morgan fingerprint density at radius 3 is 2.29 bits per heavy atom. The van der Waals surface area contributed by atoms with Crippen LogP contribution in [0.3, 0.4) is 0 Å². The number of nitrogens with one attached hydrogen (secondary N) is 1. The first-order valence-electron chi connectivity index (χ1n) is 5.66. The lowest BCUT2D eigenvalue weighted by molar-refractivity contribution is -0.124. The molecule has 3 nitrogen and oxygen atoms in total. The van der Waals surface area contributed by atoms with Crippen LogP contribution in [-0.4, -0.2) is 25.2 Å². The molecular formula is C11H17NO2. The molecular weight excluding hydrogens is 178 g/mol. The van der Waals surface area contributed by atoms with E-state index in [2.05, 4.69) is 5.32 Å². The van der Waals surface area contributed by atoms with Crippen molar-refractivity contribution in [3.63, 3.8) is 0 Å². The van der Waals surface area contributed by atoms with E-state index >= 15 is 0 Å². The number of carbonyl (C=O) groups excluding carboxylic acids is 1. The Kier molecular flexibility index (Phi) is 1.84. The van der Waals surface area contributed by atoms with Crippen LogP contribution in [0.2, 0.25) is 0 Å². The Labute approximate surface area is 84.2 Å². The lowest BCUT2D eigenvalue weighted by atomic mass is 9.82. The van der Waals surface area contributed by atoms with Crippen LogP contribution >= 0.6 is 0 Å². The van der Waals surface area contributed by atoms with Crippen LogP contribution in [0.25, 0.3) is 0 Å². The van der Waals surface area contributed by atoms with Crippen molar-refractivity contribution >= 4 is 5.91 Å². The zero-order valence-electron chi connectivity index (χ0n) is 8.53. The maximum absolute atomic E-state index is 11.5. The molecule has 2 bridgehead atoms. The van der Waals surface area contributed by atoms with Crippen molar-refractivity contribution in [2.75, 3.05) is 7.05 Å². The molecule has 0 spiro atoms. The maximum Gasteiger partial charge on any atom is 0.222 e. The van der Waals surface area contributed by atoms with Crippen LogP contribution < -0.4 is 5.32 Å². The van der Waals surface area contributed by atoms with Gasteiger partial charge in [-0.25, -0.2) is 0 Å². The van der Waals surface area contributed by atoms with Gasteiger partial charge >= 0.3 is 0 Å². The summed E-state index contributed by atoms with van der Waals surface area (Å²) >= 11 is 0. The number of fused-ring (bicyclic) bond motifs is 5. The second-order valence-corrected chi connectivity index (χ2v) is 4.90. The maximum atomic E-state index is 11.5. The van der Waals surface area contributed by atoms with E-state index in [1.54, 1.807) is 7.05 Å². The summed E-state index contributed by atoms with van der Waals surface area (Å²) in [6.45, 7) is 0. The number of rotatable bonds is 1. The Hall–Kier alpha value is -0.570. The normalized spacial score (nSPS) is 49.4. The van der Waals surface area contributed by atoms with Crippen LogP contribution in [0.5, 0.6) is 0 Å². The number of hydrogen-bond donors (Lipinski definition) is 1. The van der Waals surface area contributed by atoms with Crippen molar-refractivity contribution in [1.29, 1.82) is 0 Å². The minimum absolute atomic E-state index is 0.235. The molecule has 2 aliphatic heterocycles. The molecule has 1 aliphatic carbocycles. The lowest BCUT2D eigenvalue weighted by Gasteiger charge is -2.19. The summed E-state index contributed by atoms with van der Waals surface area (Å²) < 4.78 is 5.87. The van der Waals surface area contributed by atoms with E-state index in [9.17, 15) is 4.79 Å². The van der Waals surface area contributed by atoms with Gasteiger partial charge in [-0.1, -0.05) is 0 Å². The fourth-order valence-corrected chi connectivity index (χ4v) is 3.70. The molecule has 14 heavy (non-hydrogen) atoms. The smallest absolute Gasteiger partial charge is 0.222 e. The molecule has 1 N–H and O–H groups in total. The van der Waals surface area contributed by atoms with Gasteiger partial charge in [0.2, 0.25) is 5.91 Å². The Morgan fingerprint density at radius 2 is 1.79 bits per heavy atom. The Balaban J connectivity index is 1.73. The molecule has 2 saturated heterocycles. The Morgan fingerprint density at radius 1 is 1.21 bits per heavy atom. The van der Waals surface area contributed by atoms with Crippen LogP contribution in [0, 0.1) is 17.8 Å². The summed E-state index contributed by atoms with van der Waals surface area (Å²) in [6, 6.07) is 0. The van der Waals surface area contributed by atoms with Crippen molar-refractivity contribution in [1.82, 2.24) is 5.32 Å². The van der Waals surface area contributed by atoms with Gasteiger partial charge in [0.1, 0.15) is 0 Å². The minimum atomic E-state index is 0.235. The standard InChI is InChI=1S/C11H17NO2/c1-12-11(13)6-4-7-8(5-6)10-3-2-9(7)14-10/h6-10H,2-5H2,1H3,(H,12,13). The van der Waals surface area contributed by atoms with Gasteiger partial charge in [0.25, 0.3) is 0 Å². The summed E-state index contributed by atoms with van der Waals surface area (Å²) in [7, 11) is 1.74. The van der Waals surface area contributed by atoms with E-state index in [4.69, 9.17) is 4.74 Å². The average Bonchev–Trinajstić information content (AvgIpc) is 2.87. The highest BCUT2D eigenvalue weighted by Crippen LogP contribution is 2.53. The minimum Gasteiger partial charge on any atom is -0.374 e. The first kappa shape index (κ1) is 8.72. The number of amides is 1. The average molecular weight is 195 g/mol. The predicted octanol–water partition coefficient (Wildman–Crippen LogP) is 0.936. The summed E-state index contributed by atoms with van der Waals surface area (Å²) in [5.41, 5.74) is 0. The van der Waals surface area contributed by atoms with Crippen LogP contribution in [0.15, 0.2) is 0 Å². The van der Waals surface area contributed by atoms with Crippen LogP contribution in [-0.2, 0) is 9.53 Å². The molecule has 0 radical (unpaired) electrons. The van der Waals surface area contributed by atoms with Crippen molar-refractivity contribution in [2.24, 2.45) is 17.8 Å². The summed E-state index contributed by atoms with van der Waals surface area (Å²) in [5, 5.41) is 2.77. The highest BCUT2D eigenvalue weighted by Gasteiger charge is 2.54. The largest absolute Gasteiger partial charge is 0.374 e. The first-order valence-corrected chi connectivity index (χ1v) is 5.66. The SMILES string of the molecule is CNC(=O)C1CC2C3CCC(O3)C2C1.